The first-order chi connectivity index (χ1) is 8.47. The number of halogens is 1. The molecule has 5 heteroatoms. The lowest BCUT2D eigenvalue weighted by molar-refractivity contribution is 0.0709. The van der Waals surface area contributed by atoms with Gasteiger partial charge in [-0.2, -0.15) is 0 Å². The molecule has 1 aromatic carbocycles. The topological polar surface area (TPSA) is 55.6 Å². The predicted molar refractivity (Wildman–Crippen MR) is 76.7 cm³/mol. The van der Waals surface area contributed by atoms with Crippen LogP contribution in [0.25, 0.3) is 0 Å². The van der Waals surface area contributed by atoms with Gasteiger partial charge in [-0.15, -0.1) is 0 Å². The van der Waals surface area contributed by atoms with Crippen LogP contribution in [0.15, 0.2) is 16.6 Å². The fraction of sp³-hybridized carbons (Fsp3) is 0.462. The number of hydrogen-bond donors (Lipinski definition) is 1. The largest absolute Gasteiger partial charge is 0.398 e. The summed E-state index contributed by atoms with van der Waals surface area (Å²) in [6.45, 7) is 5.55. The maximum absolute atomic E-state index is 12.3. The third kappa shape index (κ3) is 3.71. The predicted octanol–water partition coefficient (Wildman–Crippen LogP) is 2.45. The van der Waals surface area contributed by atoms with Gasteiger partial charge in [0.1, 0.15) is 0 Å². The molecule has 0 atom stereocenters. The molecule has 0 saturated heterocycles. The number of ether oxygens (including phenoxy) is 1. The van der Waals surface area contributed by atoms with E-state index in [1.54, 1.807) is 24.1 Å². The Hall–Kier alpha value is -1.07. The van der Waals surface area contributed by atoms with E-state index in [1.165, 1.54) is 0 Å². The van der Waals surface area contributed by atoms with Gasteiger partial charge in [-0.25, -0.2) is 0 Å². The minimum absolute atomic E-state index is 0.0415. The lowest BCUT2D eigenvalue weighted by Crippen LogP contribution is -2.30. The first kappa shape index (κ1) is 15.0. The molecule has 100 valence electrons. The van der Waals surface area contributed by atoms with Crippen molar-refractivity contribution in [2.24, 2.45) is 0 Å². The second-order valence-electron chi connectivity index (χ2n) is 4.09. The Kier molecular flexibility index (Phi) is 5.62. The smallest absolute Gasteiger partial charge is 0.254 e. The highest BCUT2D eigenvalue weighted by atomic mass is 79.9. The Balaban J connectivity index is 2.83. The molecule has 2 N–H and O–H groups in total. The van der Waals surface area contributed by atoms with Crippen molar-refractivity contribution in [1.82, 2.24) is 4.90 Å². The van der Waals surface area contributed by atoms with Crippen LogP contribution in [0.3, 0.4) is 0 Å². The summed E-state index contributed by atoms with van der Waals surface area (Å²) in [6.07, 6.45) is 0. The molecule has 0 aliphatic heterocycles. The van der Waals surface area contributed by atoms with E-state index in [2.05, 4.69) is 15.9 Å². The number of nitrogens with two attached hydrogens (primary N) is 1. The molecular weight excluding hydrogens is 296 g/mol. The summed E-state index contributed by atoms with van der Waals surface area (Å²) < 4.78 is 6.05. The zero-order valence-electron chi connectivity index (χ0n) is 11.0. The average molecular weight is 315 g/mol. The van der Waals surface area contributed by atoms with E-state index < -0.39 is 0 Å². The summed E-state index contributed by atoms with van der Waals surface area (Å²) in [7, 11) is 1.76. The van der Waals surface area contributed by atoms with Crippen LogP contribution >= 0.6 is 15.9 Å². The number of amides is 1. The monoisotopic (exact) mass is 314 g/mol. The van der Waals surface area contributed by atoms with Crippen molar-refractivity contribution in [2.75, 3.05) is 32.5 Å². The Morgan fingerprint density at radius 2 is 2.17 bits per heavy atom. The summed E-state index contributed by atoms with van der Waals surface area (Å²) in [5, 5.41) is 0. The number of nitrogens with zero attached hydrogens (tertiary/aromatic N) is 1. The first-order valence-corrected chi connectivity index (χ1v) is 6.65. The highest BCUT2D eigenvalue weighted by Gasteiger charge is 2.16. The van der Waals surface area contributed by atoms with Crippen molar-refractivity contribution < 1.29 is 9.53 Å². The van der Waals surface area contributed by atoms with Crippen LogP contribution in [0.4, 0.5) is 5.69 Å². The summed E-state index contributed by atoms with van der Waals surface area (Å²) >= 11 is 3.35. The number of anilines is 1. The molecule has 0 radical (unpaired) electrons. The minimum atomic E-state index is -0.0415. The van der Waals surface area contributed by atoms with Crippen LogP contribution in [0, 0.1) is 6.92 Å². The van der Waals surface area contributed by atoms with E-state index in [0.29, 0.717) is 31.0 Å². The van der Waals surface area contributed by atoms with Crippen LogP contribution in [-0.4, -0.2) is 37.6 Å². The van der Waals surface area contributed by atoms with Gasteiger partial charge in [0.25, 0.3) is 5.91 Å². The molecule has 0 bridgehead atoms. The minimum Gasteiger partial charge on any atom is -0.398 e. The average Bonchev–Trinajstić information content (AvgIpc) is 2.33. The lowest BCUT2D eigenvalue weighted by atomic mass is 10.1. The second-order valence-corrected chi connectivity index (χ2v) is 5.01. The molecule has 1 amide bonds. The second kappa shape index (κ2) is 6.75. The van der Waals surface area contributed by atoms with Gasteiger partial charge < -0.3 is 15.4 Å². The molecule has 0 heterocycles. The first-order valence-electron chi connectivity index (χ1n) is 5.86. The molecule has 0 spiro atoms. The van der Waals surface area contributed by atoms with Crippen molar-refractivity contribution in [1.29, 1.82) is 0 Å². The molecule has 0 fully saturated rings. The zero-order chi connectivity index (χ0) is 13.7. The van der Waals surface area contributed by atoms with Crippen molar-refractivity contribution in [3.63, 3.8) is 0 Å². The van der Waals surface area contributed by atoms with Crippen LogP contribution in [0.2, 0.25) is 0 Å². The number of benzene rings is 1. The molecule has 1 aromatic rings. The van der Waals surface area contributed by atoms with E-state index in [0.717, 1.165) is 10.0 Å². The third-order valence-electron chi connectivity index (χ3n) is 2.76. The van der Waals surface area contributed by atoms with E-state index in [9.17, 15) is 4.79 Å². The molecule has 1 rings (SSSR count). The van der Waals surface area contributed by atoms with Gasteiger partial charge in [0, 0.05) is 35.9 Å². The molecule has 0 aromatic heterocycles. The van der Waals surface area contributed by atoms with Crippen molar-refractivity contribution in [3.05, 3.63) is 27.7 Å². The SMILES string of the molecule is CCOCCN(C)C(=O)c1cc(Br)cc(N)c1C. The molecule has 0 aliphatic carbocycles. The maximum Gasteiger partial charge on any atom is 0.254 e. The number of carbonyl (C=O) groups excluding carboxylic acids is 1. The van der Waals surface area contributed by atoms with Gasteiger partial charge in [0.15, 0.2) is 0 Å². The van der Waals surface area contributed by atoms with Crippen LogP contribution < -0.4 is 5.73 Å². The van der Waals surface area contributed by atoms with Gasteiger partial charge in [-0.3, -0.25) is 4.79 Å². The third-order valence-corrected chi connectivity index (χ3v) is 3.22. The van der Waals surface area contributed by atoms with Crippen LogP contribution in [0.5, 0.6) is 0 Å². The fourth-order valence-corrected chi connectivity index (χ4v) is 2.05. The molecule has 0 unspecified atom stereocenters. The Bertz CT molecular complexity index is 435. The molecular formula is C13H19BrN2O2. The number of hydrogen-bond acceptors (Lipinski definition) is 3. The van der Waals surface area contributed by atoms with Gasteiger partial charge in [0.05, 0.1) is 6.61 Å². The van der Waals surface area contributed by atoms with E-state index in [1.807, 2.05) is 13.8 Å². The number of nitrogen functional groups attached to an aromatic ring is 1. The quantitative estimate of drug-likeness (QED) is 0.671. The highest BCUT2D eigenvalue weighted by Crippen LogP contribution is 2.23. The standard InChI is InChI=1S/C13H19BrN2O2/c1-4-18-6-5-16(3)13(17)11-7-10(14)8-12(15)9(11)2/h7-8H,4-6,15H2,1-3H3. The number of carbonyl (C=O) groups is 1. The van der Waals surface area contributed by atoms with E-state index in [-0.39, 0.29) is 5.91 Å². The summed E-state index contributed by atoms with van der Waals surface area (Å²) in [4.78, 5) is 13.9. The summed E-state index contributed by atoms with van der Waals surface area (Å²) in [6, 6.07) is 3.59. The molecule has 4 nitrogen and oxygen atoms in total. The van der Waals surface area contributed by atoms with Crippen molar-refractivity contribution in [3.8, 4) is 0 Å². The Labute approximate surface area is 116 Å². The zero-order valence-corrected chi connectivity index (χ0v) is 12.6. The fourth-order valence-electron chi connectivity index (χ4n) is 1.58. The van der Waals surface area contributed by atoms with E-state index in [4.69, 9.17) is 10.5 Å². The van der Waals surface area contributed by atoms with Crippen molar-refractivity contribution >= 4 is 27.5 Å². The molecule has 18 heavy (non-hydrogen) atoms. The lowest BCUT2D eigenvalue weighted by Gasteiger charge is -2.19. The van der Waals surface area contributed by atoms with Gasteiger partial charge >= 0.3 is 0 Å². The van der Waals surface area contributed by atoms with Gasteiger partial charge in [-0.05, 0) is 31.5 Å². The number of likely N-dealkylation sites (N-methyl/N-ethyl adjacent to an activating group) is 1. The van der Waals surface area contributed by atoms with E-state index >= 15 is 0 Å². The summed E-state index contributed by atoms with van der Waals surface area (Å²) in [5.74, 6) is -0.0415. The maximum atomic E-state index is 12.3. The van der Waals surface area contributed by atoms with Crippen LogP contribution in [0.1, 0.15) is 22.8 Å². The van der Waals surface area contributed by atoms with Crippen LogP contribution in [-0.2, 0) is 4.74 Å². The number of rotatable bonds is 5. The van der Waals surface area contributed by atoms with Gasteiger partial charge in [-0.1, -0.05) is 15.9 Å². The Morgan fingerprint density at radius 1 is 1.50 bits per heavy atom. The normalized spacial score (nSPS) is 10.4. The van der Waals surface area contributed by atoms with Crippen molar-refractivity contribution in [2.45, 2.75) is 13.8 Å². The molecule has 0 saturated carbocycles. The Morgan fingerprint density at radius 3 is 2.78 bits per heavy atom. The summed E-state index contributed by atoms with van der Waals surface area (Å²) in [5.41, 5.74) is 7.91. The molecule has 0 aliphatic rings. The highest BCUT2D eigenvalue weighted by molar-refractivity contribution is 9.10. The van der Waals surface area contributed by atoms with Gasteiger partial charge in [0.2, 0.25) is 0 Å².